The van der Waals surface area contributed by atoms with Gasteiger partial charge in [0.25, 0.3) is 11.8 Å². The summed E-state index contributed by atoms with van der Waals surface area (Å²) in [5.74, 6) is -2.06. The molecule has 0 aromatic heterocycles. The summed E-state index contributed by atoms with van der Waals surface area (Å²) in [6.45, 7) is 4.16. The molecule has 4 rings (SSSR count). The third kappa shape index (κ3) is 11.6. The number of amides is 4. The van der Waals surface area contributed by atoms with Crippen LogP contribution in [0.25, 0.3) is 0 Å². The number of nitrogens with one attached hydrogen (secondary N) is 1. The summed E-state index contributed by atoms with van der Waals surface area (Å²) in [7, 11) is 1.52. The Morgan fingerprint density at radius 1 is 0.811 bits per heavy atom. The average molecular weight is 748 g/mol. The highest BCUT2D eigenvalue weighted by Gasteiger charge is 2.50. The van der Waals surface area contributed by atoms with Gasteiger partial charge in [-0.2, -0.15) is 0 Å². The van der Waals surface area contributed by atoms with Crippen molar-refractivity contribution >= 4 is 46.9 Å². The van der Waals surface area contributed by atoms with Gasteiger partial charge < -0.3 is 19.5 Å². The fraction of sp³-hybridized carbons (Fsp3) is 0.439. The topological polar surface area (TPSA) is 132 Å². The lowest BCUT2D eigenvalue weighted by molar-refractivity contribution is -0.150. The van der Waals surface area contributed by atoms with E-state index in [4.69, 9.17) is 25.8 Å². The lowest BCUT2D eigenvalue weighted by Gasteiger charge is -2.26. The van der Waals surface area contributed by atoms with Gasteiger partial charge in [0, 0.05) is 17.9 Å². The number of rotatable bonds is 22. The van der Waals surface area contributed by atoms with E-state index in [2.05, 4.69) is 12.2 Å². The molecule has 0 bridgehead atoms. The van der Waals surface area contributed by atoms with Gasteiger partial charge in [-0.25, -0.2) is 14.5 Å². The molecule has 3 aromatic rings. The zero-order chi connectivity index (χ0) is 38.2. The Hall–Kier alpha value is -4.74. The number of carbonyl (C=O) groups excluding carboxylic acids is 5. The summed E-state index contributed by atoms with van der Waals surface area (Å²) in [5, 5.41) is 1.05. The van der Waals surface area contributed by atoms with Crippen LogP contribution in [0.15, 0.2) is 84.9 Å². The number of unbranched alkanes of at least 4 members (excludes halogenated alkanes) is 4. The van der Waals surface area contributed by atoms with Gasteiger partial charge >= 0.3 is 12.0 Å². The molecule has 4 amide bonds. The number of esters is 1. The molecule has 0 spiro atoms. The number of urea groups is 1. The van der Waals surface area contributed by atoms with E-state index in [-0.39, 0.29) is 19.6 Å². The molecule has 4 atom stereocenters. The Morgan fingerprint density at radius 2 is 1.45 bits per heavy atom. The molecule has 1 aliphatic rings. The molecule has 1 N–H and O–H groups in total. The lowest BCUT2D eigenvalue weighted by Crippen LogP contribution is -2.46. The predicted octanol–water partition coefficient (Wildman–Crippen LogP) is 7.76. The monoisotopic (exact) mass is 747 g/mol. The zero-order valence-corrected chi connectivity index (χ0v) is 31.5. The number of carbonyl (C=O) groups is 5. The van der Waals surface area contributed by atoms with Crippen LogP contribution in [0.3, 0.4) is 0 Å². The van der Waals surface area contributed by atoms with Crippen LogP contribution in [0, 0.1) is 0 Å². The molecule has 1 fully saturated rings. The van der Waals surface area contributed by atoms with Crippen LogP contribution in [0.2, 0.25) is 0 Å². The maximum Gasteiger partial charge on any atom is 0.334 e. The Kier molecular flexibility index (Phi) is 16.3. The molecule has 1 saturated heterocycles. The van der Waals surface area contributed by atoms with Gasteiger partial charge in [-0.15, -0.1) is 0 Å². The lowest BCUT2D eigenvalue weighted by atomic mass is 9.96. The number of ether oxygens (including phenoxy) is 3. The molecule has 4 unspecified atom stereocenters. The van der Waals surface area contributed by atoms with Gasteiger partial charge in [0.2, 0.25) is 11.6 Å². The molecule has 1 aliphatic heterocycles. The second kappa shape index (κ2) is 21.1. The van der Waals surface area contributed by atoms with Gasteiger partial charge in [0.15, 0.2) is 5.78 Å². The van der Waals surface area contributed by atoms with Crippen LogP contribution in [-0.4, -0.2) is 76.9 Å². The minimum Gasteiger partial charge on any atom is -0.497 e. The van der Waals surface area contributed by atoms with Gasteiger partial charge in [-0.1, -0.05) is 92.7 Å². The smallest absolute Gasteiger partial charge is 0.334 e. The van der Waals surface area contributed by atoms with Crippen molar-refractivity contribution in [2.75, 3.05) is 19.0 Å². The molecule has 0 aliphatic carbocycles. The number of nitrogens with zero attached hydrogens (tertiary/aromatic N) is 2. The minimum atomic E-state index is -1.58. The average Bonchev–Trinajstić information content (AvgIpc) is 3.40. The number of hydrogen-bond donors (Lipinski definition) is 1. The molecule has 3 aromatic carbocycles. The van der Waals surface area contributed by atoms with Gasteiger partial charge in [-0.3, -0.25) is 19.3 Å². The van der Waals surface area contributed by atoms with Crippen molar-refractivity contribution in [3.63, 3.8) is 0 Å². The normalized spacial score (nSPS) is 15.9. The van der Waals surface area contributed by atoms with Gasteiger partial charge in [-0.05, 0) is 81.0 Å². The number of Topliss-reactive ketones (excluding diaryl/α,β-unsaturated/α-hetero) is 1. The second-order valence-corrected chi connectivity index (χ2v) is 13.4. The largest absolute Gasteiger partial charge is 0.497 e. The number of anilines is 1. The maximum absolute atomic E-state index is 14.2. The van der Waals surface area contributed by atoms with Crippen LogP contribution in [0.1, 0.15) is 87.6 Å². The summed E-state index contributed by atoms with van der Waals surface area (Å²) in [6.07, 6.45) is 4.37. The van der Waals surface area contributed by atoms with E-state index in [1.807, 2.05) is 30.3 Å². The summed E-state index contributed by atoms with van der Waals surface area (Å²) in [6, 6.07) is 22.6. The fourth-order valence-corrected chi connectivity index (χ4v) is 6.39. The number of hydrogen-bond acceptors (Lipinski definition) is 8. The Morgan fingerprint density at radius 3 is 2.09 bits per heavy atom. The van der Waals surface area contributed by atoms with Crippen molar-refractivity contribution in [1.82, 2.24) is 9.80 Å². The first kappa shape index (κ1) is 41.0. The van der Waals surface area contributed by atoms with E-state index in [1.54, 1.807) is 61.5 Å². The highest BCUT2D eigenvalue weighted by atomic mass is 35.5. The third-order valence-electron chi connectivity index (χ3n) is 9.09. The molecular weight excluding hydrogens is 698 g/mol. The van der Waals surface area contributed by atoms with Crippen molar-refractivity contribution < 1.29 is 38.2 Å². The number of imide groups is 1. The molecule has 284 valence electrons. The first-order valence-corrected chi connectivity index (χ1v) is 18.8. The summed E-state index contributed by atoms with van der Waals surface area (Å²) in [5.41, 5.74) is 1.60. The van der Waals surface area contributed by atoms with Crippen molar-refractivity contribution in [3.8, 4) is 5.75 Å². The van der Waals surface area contributed by atoms with Crippen molar-refractivity contribution in [3.05, 3.63) is 96.1 Å². The zero-order valence-electron chi connectivity index (χ0n) is 30.7. The molecule has 0 radical (unpaired) electrons. The first-order valence-electron chi connectivity index (χ1n) is 18.4. The Labute approximate surface area is 316 Å². The third-order valence-corrected chi connectivity index (χ3v) is 9.46. The van der Waals surface area contributed by atoms with E-state index in [0.29, 0.717) is 36.3 Å². The number of para-hydroxylation sites is 1. The number of ketones is 1. The summed E-state index contributed by atoms with van der Waals surface area (Å²) < 4.78 is 16.9. The second-order valence-electron chi connectivity index (χ2n) is 12.9. The van der Waals surface area contributed by atoms with E-state index in [1.165, 1.54) is 12.0 Å². The maximum atomic E-state index is 14.2. The molecule has 53 heavy (non-hydrogen) atoms. The molecule has 12 heteroatoms. The van der Waals surface area contributed by atoms with E-state index in [9.17, 15) is 24.0 Å². The Balaban J connectivity index is 1.54. The van der Waals surface area contributed by atoms with Crippen LogP contribution in [0.5, 0.6) is 5.75 Å². The van der Waals surface area contributed by atoms with Crippen molar-refractivity contribution in [2.45, 2.75) is 102 Å². The first-order chi connectivity index (χ1) is 25.7. The van der Waals surface area contributed by atoms with Crippen LogP contribution < -0.4 is 10.1 Å². The van der Waals surface area contributed by atoms with Crippen LogP contribution in [-0.2, 0) is 30.4 Å². The summed E-state index contributed by atoms with van der Waals surface area (Å²) in [4.78, 5) is 70.5. The highest BCUT2D eigenvalue weighted by Crippen LogP contribution is 2.29. The molecule has 1 heterocycles. The molecular formula is C41H50ClN3O8. The highest BCUT2D eigenvalue weighted by molar-refractivity contribution is 6.42. The van der Waals surface area contributed by atoms with Crippen molar-refractivity contribution in [2.24, 2.45) is 0 Å². The summed E-state index contributed by atoms with van der Waals surface area (Å²) >= 11 is 6.28. The molecule has 0 saturated carbocycles. The number of alkyl halides is 1. The quantitative estimate of drug-likeness (QED) is 0.0276. The van der Waals surface area contributed by atoms with Crippen molar-refractivity contribution in [1.29, 1.82) is 0 Å². The minimum absolute atomic E-state index is 0.100. The van der Waals surface area contributed by atoms with Gasteiger partial charge in [0.05, 0.1) is 13.7 Å². The van der Waals surface area contributed by atoms with E-state index < -0.39 is 53.3 Å². The molecule has 11 nitrogen and oxygen atoms in total. The Bertz CT molecular complexity index is 1640. The number of benzene rings is 3. The van der Waals surface area contributed by atoms with Gasteiger partial charge in [0.1, 0.15) is 17.9 Å². The fourth-order valence-electron chi connectivity index (χ4n) is 6.28. The standard InChI is InChI=1S/C41H50ClN3O8/c1-4-6-7-8-15-21-33(53-40(49)35(42)37(47)43-31-19-13-10-14-20-31)22-16-23-34(36(46)30-24-26-32(51-3)27-25-30)45-38(48)39(52-5-2)44(41(45)50)28-29-17-11-9-12-18-29/h9-14,17-20,24-27,33-35,39H,4-8,15-16,21-23,28H2,1-3H3,(H,43,47). The predicted molar refractivity (Wildman–Crippen MR) is 203 cm³/mol. The van der Waals surface area contributed by atoms with Crippen LogP contribution >= 0.6 is 11.6 Å². The van der Waals surface area contributed by atoms with E-state index >= 15 is 0 Å². The van der Waals surface area contributed by atoms with Crippen LogP contribution in [0.4, 0.5) is 10.5 Å². The van der Waals surface area contributed by atoms with E-state index in [0.717, 1.165) is 42.6 Å². The number of methoxy groups -OCH3 is 1. The SMILES string of the molecule is CCCCCCCC(CCCC(C(=O)c1ccc(OC)cc1)N1C(=O)C(OCC)N(Cc2ccccc2)C1=O)OC(=O)C(Cl)C(=O)Nc1ccccc1. The number of halogens is 1.